The minimum absolute atomic E-state index is 0.111. The molecule has 0 aliphatic rings. The van der Waals surface area contributed by atoms with Crippen molar-refractivity contribution >= 4 is 0 Å². The highest BCUT2D eigenvalue weighted by molar-refractivity contribution is 4.23. The smallest absolute Gasteiger partial charge is 0.0977 e. The molecule has 7 heteroatoms. The fraction of sp³-hybridized carbons (Fsp3) is 1.00. The summed E-state index contributed by atoms with van der Waals surface area (Å²) < 4.78 is 4.82. The Morgan fingerprint density at radius 3 is 2.18 bits per heavy atom. The quantitative estimate of drug-likeness (QED) is 0.285. The number of nitrogens with zero attached hydrogens (tertiary/aromatic N) is 1. The van der Waals surface area contributed by atoms with E-state index >= 15 is 0 Å². The zero-order valence-corrected chi connectivity index (χ0v) is 6.06. The SMILES string of the molecule is O=[N+]([O-])[O-].[NH3+]CCOCCO. The van der Waals surface area contributed by atoms with Gasteiger partial charge in [0.05, 0.1) is 31.5 Å². The molecule has 0 saturated heterocycles. The van der Waals surface area contributed by atoms with Crippen molar-refractivity contribution in [3.05, 3.63) is 15.3 Å². The van der Waals surface area contributed by atoms with E-state index in [1.807, 2.05) is 0 Å². The molecule has 0 aromatic heterocycles. The Labute approximate surface area is 63.5 Å². The van der Waals surface area contributed by atoms with Gasteiger partial charge in [-0.1, -0.05) is 0 Å². The molecular weight excluding hydrogens is 156 g/mol. The van der Waals surface area contributed by atoms with E-state index in [4.69, 9.17) is 25.2 Å². The van der Waals surface area contributed by atoms with Crippen molar-refractivity contribution in [1.82, 2.24) is 0 Å². The van der Waals surface area contributed by atoms with Crippen molar-refractivity contribution in [3.8, 4) is 0 Å². The van der Waals surface area contributed by atoms with Crippen LogP contribution in [0.2, 0.25) is 0 Å². The molecule has 0 rings (SSSR count). The maximum absolute atomic E-state index is 8.25. The summed E-state index contributed by atoms with van der Waals surface area (Å²) in [5.41, 5.74) is 3.55. The number of aliphatic hydroxyl groups excluding tert-OH is 1. The van der Waals surface area contributed by atoms with Crippen molar-refractivity contribution in [2.75, 3.05) is 26.4 Å². The lowest BCUT2D eigenvalue weighted by atomic mass is 10.7. The van der Waals surface area contributed by atoms with Gasteiger partial charge in [0.2, 0.25) is 0 Å². The molecule has 0 radical (unpaired) electrons. The molecular formula is C4H12N2O5. The topological polar surface area (TPSA) is 123 Å². The van der Waals surface area contributed by atoms with E-state index in [1.165, 1.54) is 0 Å². The van der Waals surface area contributed by atoms with E-state index in [2.05, 4.69) is 5.73 Å². The van der Waals surface area contributed by atoms with E-state index in [1.54, 1.807) is 0 Å². The summed E-state index contributed by atoms with van der Waals surface area (Å²) in [7, 11) is 0. The maximum atomic E-state index is 8.25. The van der Waals surface area contributed by atoms with Crippen LogP contribution in [0.1, 0.15) is 0 Å². The Morgan fingerprint density at radius 1 is 1.45 bits per heavy atom. The molecule has 0 aliphatic heterocycles. The maximum Gasteiger partial charge on any atom is 0.0977 e. The van der Waals surface area contributed by atoms with Crippen molar-refractivity contribution in [2.24, 2.45) is 0 Å². The minimum atomic E-state index is -1.75. The third kappa shape index (κ3) is 48.0. The largest absolute Gasteiger partial charge is 0.394 e. The van der Waals surface area contributed by atoms with E-state index in [9.17, 15) is 0 Å². The number of hydrogen-bond acceptors (Lipinski definition) is 5. The lowest BCUT2D eigenvalue weighted by molar-refractivity contribution is -0.402. The standard InChI is InChI=1S/C4H11NO2.NO3/c5-1-3-7-4-2-6;2-1(3)4/h6H,1-5H2;/q;-1/p+1. The molecule has 4 N–H and O–H groups in total. The molecule has 0 spiro atoms. The van der Waals surface area contributed by atoms with Crippen LogP contribution in [0.25, 0.3) is 0 Å². The Balaban J connectivity index is 0. The number of aliphatic hydroxyl groups is 1. The molecule has 0 bridgehead atoms. The normalized spacial score (nSPS) is 8.18. The van der Waals surface area contributed by atoms with Crippen LogP contribution in [0.5, 0.6) is 0 Å². The van der Waals surface area contributed by atoms with Crippen LogP contribution in [0, 0.1) is 15.3 Å². The van der Waals surface area contributed by atoms with Gasteiger partial charge in [0, 0.05) is 0 Å². The lowest BCUT2D eigenvalue weighted by Crippen LogP contribution is -2.52. The zero-order valence-electron chi connectivity index (χ0n) is 6.06. The van der Waals surface area contributed by atoms with Crippen LogP contribution in [0.4, 0.5) is 0 Å². The third-order valence-electron chi connectivity index (χ3n) is 0.524. The Bertz CT molecular complexity index is 80.6. The van der Waals surface area contributed by atoms with Gasteiger partial charge in [0.15, 0.2) is 0 Å². The van der Waals surface area contributed by atoms with Crippen molar-refractivity contribution < 1.29 is 20.7 Å². The molecule has 0 aliphatic carbocycles. The fourth-order valence-corrected chi connectivity index (χ4v) is 0.269. The Kier molecular flexibility index (Phi) is 13.7. The molecule has 11 heavy (non-hydrogen) atoms. The van der Waals surface area contributed by atoms with Gasteiger partial charge in [-0.25, -0.2) is 0 Å². The summed E-state index contributed by atoms with van der Waals surface area (Å²) >= 11 is 0. The van der Waals surface area contributed by atoms with Gasteiger partial charge in [0.1, 0.15) is 0 Å². The third-order valence-corrected chi connectivity index (χ3v) is 0.524. The van der Waals surface area contributed by atoms with Crippen molar-refractivity contribution in [2.45, 2.75) is 0 Å². The second kappa shape index (κ2) is 11.8. The van der Waals surface area contributed by atoms with Crippen LogP contribution in [-0.2, 0) is 4.74 Å². The van der Waals surface area contributed by atoms with Crippen LogP contribution >= 0.6 is 0 Å². The second-order valence-corrected chi connectivity index (χ2v) is 1.41. The zero-order chi connectivity index (χ0) is 9.11. The summed E-state index contributed by atoms with van der Waals surface area (Å²) in [6, 6.07) is 0. The van der Waals surface area contributed by atoms with Gasteiger partial charge >= 0.3 is 0 Å². The average molecular weight is 168 g/mol. The predicted octanol–water partition coefficient (Wildman–Crippen LogP) is -2.00. The van der Waals surface area contributed by atoms with Gasteiger partial charge in [-0.2, -0.15) is 0 Å². The summed E-state index contributed by atoms with van der Waals surface area (Å²) in [5.74, 6) is 0. The highest BCUT2D eigenvalue weighted by Gasteiger charge is 1.80. The Morgan fingerprint density at radius 2 is 1.91 bits per heavy atom. The van der Waals surface area contributed by atoms with Gasteiger partial charge in [-0.15, -0.1) is 0 Å². The first-order valence-corrected chi connectivity index (χ1v) is 2.94. The predicted molar refractivity (Wildman–Crippen MR) is 36.0 cm³/mol. The van der Waals surface area contributed by atoms with E-state index in [0.29, 0.717) is 13.2 Å². The first-order chi connectivity index (χ1) is 5.15. The van der Waals surface area contributed by atoms with E-state index < -0.39 is 5.09 Å². The molecule has 0 heterocycles. The molecule has 0 aromatic carbocycles. The van der Waals surface area contributed by atoms with Gasteiger partial charge < -0.3 is 30.9 Å². The molecule has 0 saturated carbocycles. The van der Waals surface area contributed by atoms with Crippen LogP contribution in [0.3, 0.4) is 0 Å². The minimum Gasteiger partial charge on any atom is -0.394 e. The van der Waals surface area contributed by atoms with Crippen LogP contribution in [-0.4, -0.2) is 36.6 Å². The molecule has 0 amide bonds. The van der Waals surface area contributed by atoms with Crippen molar-refractivity contribution in [3.63, 3.8) is 0 Å². The molecule has 68 valence electrons. The number of rotatable bonds is 4. The van der Waals surface area contributed by atoms with Gasteiger partial charge in [0.25, 0.3) is 0 Å². The van der Waals surface area contributed by atoms with E-state index in [0.717, 1.165) is 6.54 Å². The first-order valence-electron chi connectivity index (χ1n) is 2.94. The Hall–Kier alpha value is -0.920. The number of quaternary nitrogens is 1. The first kappa shape index (κ1) is 12.7. The number of hydrogen-bond donors (Lipinski definition) is 2. The number of ether oxygens (including phenoxy) is 1. The molecule has 7 nitrogen and oxygen atoms in total. The molecule has 0 aromatic rings. The van der Waals surface area contributed by atoms with Crippen molar-refractivity contribution in [1.29, 1.82) is 0 Å². The fourth-order valence-electron chi connectivity index (χ4n) is 0.269. The highest BCUT2D eigenvalue weighted by atomic mass is 16.9. The average Bonchev–Trinajstić information content (AvgIpc) is 1.88. The van der Waals surface area contributed by atoms with Crippen LogP contribution in [0.15, 0.2) is 0 Å². The summed E-state index contributed by atoms with van der Waals surface area (Å²) in [6.45, 7) is 1.98. The summed E-state index contributed by atoms with van der Waals surface area (Å²) in [5, 5.41) is 22.9. The molecule has 0 fully saturated rings. The second-order valence-electron chi connectivity index (χ2n) is 1.41. The summed E-state index contributed by atoms with van der Waals surface area (Å²) in [4.78, 5) is 8.25. The van der Waals surface area contributed by atoms with Gasteiger partial charge in [-0.05, 0) is 0 Å². The monoisotopic (exact) mass is 168 g/mol. The molecule has 0 atom stereocenters. The lowest BCUT2D eigenvalue weighted by Gasteiger charge is -1.93. The van der Waals surface area contributed by atoms with E-state index in [-0.39, 0.29) is 6.61 Å². The summed E-state index contributed by atoms with van der Waals surface area (Å²) in [6.07, 6.45) is 0. The van der Waals surface area contributed by atoms with Gasteiger partial charge in [-0.3, -0.25) is 0 Å². The van der Waals surface area contributed by atoms with Crippen LogP contribution < -0.4 is 5.73 Å². The molecule has 0 unspecified atom stereocenters. The highest BCUT2D eigenvalue weighted by Crippen LogP contribution is 1.65.